The topological polar surface area (TPSA) is 98.5 Å². The van der Waals surface area contributed by atoms with Crippen molar-refractivity contribution in [1.29, 1.82) is 0 Å². The molecule has 4 aromatic rings. The van der Waals surface area contributed by atoms with Crippen molar-refractivity contribution in [2.75, 3.05) is 11.9 Å². The summed E-state index contributed by atoms with van der Waals surface area (Å²) in [5.41, 5.74) is 1.48. The molecule has 1 N–H and O–H groups in total. The molecule has 0 aliphatic rings. The van der Waals surface area contributed by atoms with Crippen LogP contribution < -0.4 is 5.32 Å². The number of hydrogen-bond donors (Lipinski definition) is 1. The number of carbonyl (C=O) groups is 3. The van der Waals surface area contributed by atoms with E-state index in [0.29, 0.717) is 16.1 Å². The minimum Gasteiger partial charge on any atom is -0.462 e. The number of ether oxygens (including phenoxy) is 1. The molecular formula is C26H19ClN2O5. The van der Waals surface area contributed by atoms with Gasteiger partial charge in [0.15, 0.2) is 11.3 Å². The molecular weight excluding hydrogens is 456 g/mol. The average molecular weight is 475 g/mol. The van der Waals surface area contributed by atoms with Crippen molar-refractivity contribution in [3.05, 3.63) is 106 Å². The fourth-order valence-corrected chi connectivity index (χ4v) is 3.49. The zero-order valence-electron chi connectivity index (χ0n) is 18.1. The molecule has 1 aromatic heterocycles. The van der Waals surface area contributed by atoms with Crippen LogP contribution in [0.4, 0.5) is 5.88 Å². The van der Waals surface area contributed by atoms with Gasteiger partial charge in [-0.1, -0.05) is 77.4 Å². The minimum atomic E-state index is -0.711. The lowest BCUT2D eigenvalue weighted by Crippen LogP contribution is -2.18. The fourth-order valence-electron chi connectivity index (χ4n) is 3.37. The standard InChI is InChI=1S/C26H19ClN2O5/c1-2-33-26(32)21-22(16-12-14-18(27)15-13-16)29-34-25(21)28-24(31)20-11-7-6-10-19(20)23(30)17-8-4-3-5-9-17/h3-15H,2H2,1H3,(H,28,31). The lowest BCUT2D eigenvalue weighted by atomic mass is 9.98. The Bertz CT molecular complexity index is 1350. The maximum Gasteiger partial charge on any atom is 0.346 e. The Morgan fingerprint density at radius 3 is 2.24 bits per heavy atom. The molecule has 0 aliphatic heterocycles. The maximum atomic E-state index is 13.2. The highest BCUT2D eigenvalue weighted by Gasteiger charge is 2.28. The van der Waals surface area contributed by atoms with Gasteiger partial charge in [0.2, 0.25) is 5.88 Å². The average Bonchev–Trinajstić information content (AvgIpc) is 3.28. The Morgan fingerprint density at radius 2 is 1.56 bits per heavy atom. The summed E-state index contributed by atoms with van der Waals surface area (Å²) in [7, 11) is 0. The van der Waals surface area contributed by atoms with Gasteiger partial charge in [0, 0.05) is 21.7 Å². The molecule has 1 amide bonds. The molecule has 0 fully saturated rings. The predicted octanol–water partition coefficient (Wildman–Crippen LogP) is 5.66. The first kappa shape index (κ1) is 22.9. The van der Waals surface area contributed by atoms with Crippen molar-refractivity contribution in [2.24, 2.45) is 0 Å². The van der Waals surface area contributed by atoms with Gasteiger partial charge in [0.1, 0.15) is 5.69 Å². The second kappa shape index (κ2) is 10.1. The molecule has 0 spiro atoms. The molecule has 0 saturated carbocycles. The first-order valence-electron chi connectivity index (χ1n) is 10.4. The Balaban J connectivity index is 1.70. The number of nitrogens with one attached hydrogen (secondary N) is 1. The van der Waals surface area contributed by atoms with E-state index in [-0.39, 0.29) is 40.7 Å². The van der Waals surface area contributed by atoms with Gasteiger partial charge < -0.3 is 9.26 Å². The summed E-state index contributed by atoms with van der Waals surface area (Å²) in [5, 5.41) is 7.05. The molecule has 0 atom stereocenters. The van der Waals surface area contributed by atoms with Crippen LogP contribution in [0.1, 0.15) is 43.6 Å². The van der Waals surface area contributed by atoms with Gasteiger partial charge in [0.25, 0.3) is 5.91 Å². The van der Waals surface area contributed by atoms with E-state index in [4.69, 9.17) is 20.9 Å². The Kier molecular flexibility index (Phi) is 6.85. The van der Waals surface area contributed by atoms with Crippen LogP contribution in [-0.4, -0.2) is 29.4 Å². The Labute approximate surface area is 200 Å². The lowest BCUT2D eigenvalue weighted by molar-refractivity contribution is 0.0528. The zero-order chi connectivity index (χ0) is 24.1. The van der Waals surface area contributed by atoms with E-state index < -0.39 is 11.9 Å². The number of anilines is 1. The smallest absolute Gasteiger partial charge is 0.346 e. The fraction of sp³-hybridized carbons (Fsp3) is 0.0769. The van der Waals surface area contributed by atoms with Crippen LogP contribution in [0, 0.1) is 0 Å². The normalized spacial score (nSPS) is 10.5. The van der Waals surface area contributed by atoms with Crippen molar-refractivity contribution >= 4 is 35.1 Å². The van der Waals surface area contributed by atoms with E-state index in [1.165, 1.54) is 6.07 Å². The molecule has 3 aromatic carbocycles. The first-order valence-corrected chi connectivity index (χ1v) is 10.8. The molecule has 4 rings (SSSR count). The third-order valence-corrected chi connectivity index (χ3v) is 5.22. The van der Waals surface area contributed by atoms with Gasteiger partial charge in [-0.3, -0.25) is 14.9 Å². The van der Waals surface area contributed by atoms with E-state index in [1.54, 1.807) is 79.7 Å². The number of hydrogen-bond acceptors (Lipinski definition) is 6. The first-order chi connectivity index (χ1) is 16.5. The molecule has 7 nitrogen and oxygen atoms in total. The number of ketones is 1. The van der Waals surface area contributed by atoms with Gasteiger partial charge in [-0.15, -0.1) is 0 Å². The van der Waals surface area contributed by atoms with Crippen molar-refractivity contribution in [2.45, 2.75) is 6.92 Å². The van der Waals surface area contributed by atoms with E-state index in [9.17, 15) is 14.4 Å². The van der Waals surface area contributed by atoms with Crippen LogP contribution >= 0.6 is 11.6 Å². The summed E-state index contributed by atoms with van der Waals surface area (Å²) in [6, 6.07) is 21.7. The van der Waals surface area contributed by atoms with Crippen LogP contribution in [0.15, 0.2) is 83.4 Å². The van der Waals surface area contributed by atoms with Gasteiger partial charge in [-0.05, 0) is 25.1 Å². The summed E-state index contributed by atoms with van der Waals surface area (Å²) in [6.07, 6.45) is 0. The van der Waals surface area contributed by atoms with Crippen molar-refractivity contribution < 1.29 is 23.6 Å². The number of esters is 1. The van der Waals surface area contributed by atoms with Crippen LogP contribution in [0.25, 0.3) is 11.3 Å². The maximum absolute atomic E-state index is 13.2. The monoisotopic (exact) mass is 474 g/mol. The number of aromatic nitrogens is 1. The number of nitrogens with zero attached hydrogens (tertiary/aromatic N) is 1. The third kappa shape index (κ3) is 4.74. The van der Waals surface area contributed by atoms with E-state index in [1.807, 2.05) is 0 Å². The van der Waals surface area contributed by atoms with Crippen LogP contribution in [0.2, 0.25) is 5.02 Å². The summed E-state index contributed by atoms with van der Waals surface area (Å²) in [6.45, 7) is 1.78. The highest BCUT2D eigenvalue weighted by Crippen LogP contribution is 2.31. The van der Waals surface area contributed by atoms with Crippen LogP contribution in [0.5, 0.6) is 0 Å². The van der Waals surface area contributed by atoms with Crippen molar-refractivity contribution in [1.82, 2.24) is 5.16 Å². The highest BCUT2D eigenvalue weighted by atomic mass is 35.5. The predicted molar refractivity (Wildman–Crippen MR) is 127 cm³/mol. The number of amides is 1. The molecule has 170 valence electrons. The van der Waals surface area contributed by atoms with Gasteiger partial charge in [0.05, 0.1) is 12.2 Å². The van der Waals surface area contributed by atoms with Crippen molar-refractivity contribution in [3.63, 3.8) is 0 Å². The number of carbonyl (C=O) groups excluding carboxylic acids is 3. The van der Waals surface area contributed by atoms with E-state index in [0.717, 1.165) is 0 Å². The molecule has 1 heterocycles. The summed E-state index contributed by atoms with van der Waals surface area (Å²) in [4.78, 5) is 38.9. The van der Waals surface area contributed by atoms with Gasteiger partial charge in [-0.25, -0.2) is 4.79 Å². The Morgan fingerprint density at radius 1 is 0.912 bits per heavy atom. The second-order valence-corrected chi connectivity index (χ2v) is 7.59. The molecule has 0 aliphatic carbocycles. The summed E-state index contributed by atoms with van der Waals surface area (Å²) >= 11 is 5.96. The summed E-state index contributed by atoms with van der Waals surface area (Å²) in [5.74, 6) is -1.84. The minimum absolute atomic E-state index is 0.0376. The van der Waals surface area contributed by atoms with Gasteiger partial charge in [-0.2, -0.15) is 0 Å². The highest BCUT2D eigenvalue weighted by molar-refractivity contribution is 6.30. The molecule has 0 radical (unpaired) electrons. The molecule has 0 bridgehead atoms. The van der Waals surface area contributed by atoms with E-state index >= 15 is 0 Å². The van der Waals surface area contributed by atoms with Crippen molar-refractivity contribution in [3.8, 4) is 11.3 Å². The van der Waals surface area contributed by atoms with Crippen LogP contribution in [-0.2, 0) is 4.74 Å². The summed E-state index contributed by atoms with van der Waals surface area (Å²) < 4.78 is 10.5. The quantitative estimate of drug-likeness (QED) is 0.274. The van der Waals surface area contributed by atoms with Gasteiger partial charge >= 0.3 is 5.97 Å². The van der Waals surface area contributed by atoms with E-state index in [2.05, 4.69) is 10.5 Å². The number of rotatable bonds is 7. The largest absolute Gasteiger partial charge is 0.462 e. The lowest BCUT2D eigenvalue weighted by Gasteiger charge is -2.09. The zero-order valence-corrected chi connectivity index (χ0v) is 18.8. The molecule has 34 heavy (non-hydrogen) atoms. The number of halogens is 1. The Hall–Kier alpha value is -4.23. The molecule has 8 heteroatoms. The SMILES string of the molecule is CCOC(=O)c1c(-c2ccc(Cl)cc2)noc1NC(=O)c1ccccc1C(=O)c1ccccc1. The molecule has 0 saturated heterocycles. The third-order valence-electron chi connectivity index (χ3n) is 4.97. The molecule has 0 unspecified atom stereocenters. The van der Waals surface area contributed by atoms with Crippen LogP contribution in [0.3, 0.4) is 0 Å². The number of benzene rings is 3. The second-order valence-electron chi connectivity index (χ2n) is 7.16.